The third kappa shape index (κ3) is 2.90. The molecule has 35 heavy (non-hydrogen) atoms. The molecule has 5 rings (SSSR count). The molecule has 0 saturated heterocycles. The molecule has 0 spiro atoms. The third-order valence-electron chi connectivity index (χ3n) is 13.6. The maximum Gasteiger partial charge on any atom is 0.310 e. The fourth-order valence-electron chi connectivity index (χ4n) is 10.9. The maximum absolute atomic E-state index is 12.8. The topological polar surface area (TPSA) is 98.0 Å². The van der Waals surface area contributed by atoms with Gasteiger partial charge < -0.3 is 20.4 Å². The average molecular weight is 489 g/mol. The Morgan fingerprint density at radius 1 is 0.971 bits per heavy atom. The van der Waals surface area contributed by atoms with Crippen molar-refractivity contribution in [2.75, 3.05) is 6.61 Å². The van der Waals surface area contributed by atoms with E-state index in [1.54, 1.807) is 0 Å². The Balaban J connectivity index is 1.64. The molecule has 4 fully saturated rings. The third-order valence-corrected chi connectivity index (χ3v) is 13.6. The summed E-state index contributed by atoms with van der Waals surface area (Å²) in [5, 5.41) is 43.8. The molecule has 0 heterocycles. The summed E-state index contributed by atoms with van der Waals surface area (Å²) in [6.45, 7) is 13.3. The Bertz CT molecular complexity index is 941. The van der Waals surface area contributed by atoms with Gasteiger partial charge in [0.15, 0.2) is 0 Å². The number of aliphatic hydroxyl groups is 3. The van der Waals surface area contributed by atoms with Crippen molar-refractivity contribution in [2.45, 2.75) is 111 Å². The van der Waals surface area contributed by atoms with Gasteiger partial charge in [0.2, 0.25) is 0 Å². The van der Waals surface area contributed by atoms with Gasteiger partial charge in [-0.1, -0.05) is 46.3 Å². The molecule has 0 amide bonds. The average Bonchev–Trinajstić information content (AvgIpc) is 2.79. The molecule has 0 aliphatic heterocycles. The van der Waals surface area contributed by atoms with Crippen molar-refractivity contribution < 1.29 is 25.2 Å². The van der Waals surface area contributed by atoms with E-state index in [-0.39, 0.29) is 40.6 Å². The standard InChI is InChI=1S/C30H48O5/c1-18-9-14-30(24(33)34)16-15-27(4)19(23(30)29(18,6)35)7-8-21-25(2)12-11-22(32)26(3,17-31)20(25)10-13-28(21,27)5/h7,18,20-23,31-32,35H,8-17H2,1-6H3,(H,33,34). The van der Waals surface area contributed by atoms with Gasteiger partial charge in [-0.25, -0.2) is 0 Å². The van der Waals surface area contributed by atoms with Gasteiger partial charge in [0.05, 0.1) is 23.7 Å². The van der Waals surface area contributed by atoms with Gasteiger partial charge in [-0.05, 0) is 98.7 Å². The van der Waals surface area contributed by atoms with Crippen LogP contribution in [0.2, 0.25) is 0 Å². The van der Waals surface area contributed by atoms with Gasteiger partial charge in [0.1, 0.15) is 0 Å². The number of carbonyl (C=O) groups is 1. The van der Waals surface area contributed by atoms with Crippen molar-refractivity contribution in [3.63, 3.8) is 0 Å². The summed E-state index contributed by atoms with van der Waals surface area (Å²) in [6, 6.07) is 0. The quantitative estimate of drug-likeness (QED) is 0.402. The largest absolute Gasteiger partial charge is 0.481 e. The minimum Gasteiger partial charge on any atom is -0.481 e. The zero-order valence-corrected chi connectivity index (χ0v) is 22.7. The zero-order valence-electron chi connectivity index (χ0n) is 22.7. The van der Waals surface area contributed by atoms with E-state index in [9.17, 15) is 25.2 Å². The van der Waals surface area contributed by atoms with Crippen LogP contribution < -0.4 is 0 Å². The molecule has 11 atom stereocenters. The number of carboxylic acid groups (broad SMARTS) is 1. The van der Waals surface area contributed by atoms with Crippen molar-refractivity contribution >= 4 is 5.97 Å². The Labute approximate surface area is 211 Å². The minimum absolute atomic E-state index is 0.0115. The summed E-state index contributed by atoms with van der Waals surface area (Å²) in [7, 11) is 0. The highest BCUT2D eigenvalue weighted by Crippen LogP contribution is 2.76. The summed E-state index contributed by atoms with van der Waals surface area (Å²) in [4.78, 5) is 12.8. The maximum atomic E-state index is 12.8. The minimum atomic E-state index is -1.04. The zero-order chi connectivity index (χ0) is 25.8. The van der Waals surface area contributed by atoms with Gasteiger partial charge in [-0.2, -0.15) is 0 Å². The fourth-order valence-corrected chi connectivity index (χ4v) is 10.9. The Kier molecular flexibility index (Phi) is 5.56. The Hall–Kier alpha value is -0.910. The number of hydrogen-bond donors (Lipinski definition) is 4. The highest BCUT2D eigenvalue weighted by atomic mass is 16.4. The first-order valence-corrected chi connectivity index (χ1v) is 14.1. The molecule has 5 heteroatoms. The number of rotatable bonds is 2. The summed E-state index contributed by atoms with van der Waals surface area (Å²) in [5.41, 5.74) is -1.35. The van der Waals surface area contributed by atoms with E-state index < -0.39 is 28.5 Å². The summed E-state index contributed by atoms with van der Waals surface area (Å²) >= 11 is 0. The number of aliphatic hydroxyl groups excluding tert-OH is 2. The number of fused-ring (bicyclic) bond motifs is 7. The number of carboxylic acids is 1. The fraction of sp³-hybridized carbons (Fsp3) is 0.900. The number of aliphatic carboxylic acids is 1. The summed E-state index contributed by atoms with van der Waals surface area (Å²) in [5.74, 6) is -0.356. The molecule has 0 aromatic rings. The molecule has 5 nitrogen and oxygen atoms in total. The molecule has 5 aliphatic carbocycles. The second-order valence-corrected chi connectivity index (χ2v) is 14.6. The Morgan fingerprint density at radius 2 is 1.66 bits per heavy atom. The smallest absolute Gasteiger partial charge is 0.310 e. The van der Waals surface area contributed by atoms with Gasteiger partial charge in [0.25, 0.3) is 0 Å². The first-order chi connectivity index (χ1) is 16.1. The lowest BCUT2D eigenvalue weighted by Crippen LogP contribution is -2.68. The molecule has 4 N–H and O–H groups in total. The van der Waals surface area contributed by atoms with E-state index in [2.05, 4.69) is 40.7 Å². The molecule has 5 aliphatic rings. The molecule has 4 saturated carbocycles. The molecular formula is C30H48O5. The lowest BCUT2D eigenvalue weighted by Gasteiger charge is -2.71. The van der Waals surface area contributed by atoms with Crippen LogP contribution >= 0.6 is 0 Å². The van der Waals surface area contributed by atoms with Crippen molar-refractivity contribution in [3.8, 4) is 0 Å². The first-order valence-electron chi connectivity index (χ1n) is 14.1. The summed E-state index contributed by atoms with van der Waals surface area (Å²) in [6.07, 6.45) is 9.32. The molecule has 0 aromatic carbocycles. The molecule has 198 valence electrons. The van der Waals surface area contributed by atoms with Crippen molar-refractivity contribution in [1.82, 2.24) is 0 Å². The van der Waals surface area contributed by atoms with Crippen LogP contribution in [0.15, 0.2) is 11.6 Å². The van der Waals surface area contributed by atoms with Crippen LogP contribution in [0.5, 0.6) is 0 Å². The number of allylic oxidation sites excluding steroid dienone is 1. The van der Waals surface area contributed by atoms with Crippen LogP contribution in [0.1, 0.15) is 99.3 Å². The second kappa shape index (κ2) is 7.57. The van der Waals surface area contributed by atoms with E-state index in [1.807, 2.05) is 6.92 Å². The van der Waals surface area contributed by atoms with Crippen LogP contribution in [0.3, 0.4) is 0 Å². The Morgan fingerprint density at radius 3 is 2.29 bits per heavy atom. The predicted octanol–water partition coefficient (Wildman–Crippen LogP) is 5.18. The van der Waals surface area contributed by atoms with E-state index in [0.29, 0.717) is 18.8 Å². The highest BCUT2D eigenvalue weighted by molar-refractivity contribution is 5.77. The summed E-state index contributed by atoms with van der Waals surface area (Å²) < 4.78 is 0. The first kappa shape index (κ1) is 25.7. The van der Waals surface area contributed by atoms with E-state index >= 15 is 0 Å². The van der Waals surface area contributed by atoms with E-state index in [0.717, 1.165) is 44.9 Å². The highest BCUT2D eigenvalue weighted by Gasteiger charge is 2.71. The number of hydrogen-bond acceptors (Lipinski definition) is 4. The normalized spacial score (nSPS) is 57.7. The molecular weight excluding hydrogens is 440 g/mol. The van der Waals surface area contributed by atoms with E-state index in [1.165, 1.54) is 5.57 Å². The van der Waals surface area contributed by atoms with E-state index in [4.69, 9.17) is 0 Å². The van der Waals surface area contributed by atoms with Crippen LogP contribution in [0.25, 0.3) is 0 Å². The van der Waals surface area contributed by atoms with Crippen molar-refractivity contribution in [1.29, 1.82) is 0 Å². The molecule has 0 bridgehead atoms. The lowest BCUT2D eigenvalue weighted by atomic mass is 9.33. The van der Waals surface area contributed by atoms with Gasteiger partial charge in [-0.15, -0.1) is 0 Å². The van der Waals surface area contributed by atoms with Gasteiger partial charge >= 0.3 is 5.97 Å². The molecule has 0 radical (unpaired) electrons. The molecule has 0 aromatic heterocycles. The monoisotopic (exact) mass is 488 g/mol. The molecule has 11 unspecified atom stereocenters. The van der Waals surface area contributed by atoms with Crippen LogP contribution in [0.4, 0.5) is 0 Å². The SMILES string of the molecule is CC1CCC2(C(=O)O)CCC3(C)C(=CCC4C5(C)CCC(O)C(C)(CO)C5CCC43C)C2C1(C)O. The van der Waals surface area contributed by atoms with Crippen molar-refractivity contribution in [2.24, 2.45) is 50.7 Å². The van der Waals surface area contributed by atoms with Crippen LogP contribution in [0, 0.1) is 50.7 Å². The van der Waals surface area contributed by atoms with Crippen LogP contribution in [-0.2, 0) is 4.79 Å². The van der Waals surface area contributed by atoms with Gasteiger partial charge in [0, 0.05) is 11.3 Å². The second-order valence-electron chi connectivity index (χ2n) is 14.6. The van der Waals surface area contributed by atoms with Crippen molar-refractivity contribution in [3.05, 3.63) is 11.6 Å². The predicted molar refractivity (Wildman–Crippen MR) is 135 cm³/mol. The lowest BCUT2D eigenvalue weighted by molar-refractivity contribution is -0.225. The van der Waals surface area contributed by atoms with Crippen LogP contribution in [-0.4, -0.2) is 44.7 Å². The van der Waals surface area contributed by atoms with Gasteiger partial charge in [-0.3, -0.25) is 4.79 Å².